The minimum atomic E-state index is -1.68. The third-order valence-electron chi connectivity index (χ3n) is 3.43. The second-order valence-corrected chi connectivity index (χ2v) is 5.64. The molecule has 1 rings (SSSR count). The van der Waals surface area contributed by atoms with E-state index in [2.05, 4.69) is 5.32 Å². The molecule has 0 fully saturated rings. The lowest BCUT2D eigenvalue weighted by Crippen LogP contribution is -2.39. The Hall–Kier alpha value is -2.09. The molecule has 2 amide bonds. The van der Waals surface area contributed by atoms with Crippen LogP contribution in [0.5, 0.6) is 0 Å². The van der Waals surface area contributed by atoms with Gasteiger partial charge >= 0.3 is 0 Å². The Labute approximate surface area is 139 Å². The van der Waals surface area contributed by atoms with E-state index in [1.54, 1.807) is 4.90 Å². The maximum absolute atomic E-state index is 13.5. The third-order valence-corrected chi connectivity index (χ3v) is 3.43. The van der Waals surface area contributed by atoms with Gasteiger partial charge in [0.1, 0.15) is 0 Å². The van der Waals surface area contributed by atoms with Gasteiger partial charge in [0, 0.05) is 26.6 Å². The molecule has 1 aromatic carbocycles. The van der Waals surface area contributed by atoms with Crippen molar-refractivity contribution >= 4 is 11.8 Å². The molecule has 0 heterocycles. The number of hydrogen-bond donors (Lipinski definition) is 1. The number of nitrogens with one attached hydrogen (secondary N) is 1. The van der Waals surface area contributed by atoms with E-state index in [-0.39, 0.29) is 19.0 Å². The minimum absolute atomic E-state index is 0.0822. The SMILES string of the molecule is CC(=O)N(CCCN(C)C)CCNC(=O)c1ccc(F)c(F)c1F. The largest absolute Gasteiger partial charge is 0.350 e. The van der Waals surface area contributed by atoms with Crippen LogP contribution in [0, 0.1) is 17.5 Å². The number of carbonyl (C=O) groups is 2. The maximum Gasteiger partial charge on any atom is 0.254 e. The van der Waals surface area contributed by atoms with Crippen LogP contribution in [0.2, 0.25) is 0 Å². The summed E-state index contributed by atoms with van der Waals surface area (Å²) in [6.07, 6.45) is 0.776. The van der Waals surface area contributed by atoms with E-state index in [1.165, 1.54) is 6.92 Å². The van der Waals surface area contributed by atoms with Crippen molar-refractivity contribution in [3.8, 4) is 0 Å². The lowest BCUT2D eigenvalue weighted by Gasteiger charge is -2.22. The average molecular weight is 345 g/mol. The number of amides is 2. The summed E-state index contributed by atoms with van der Waals surface area (Å²) in [5.41, 5.74) is -0.573. The fourth-order valence-corrected chi connectivity index (χ4v) is 2.11. The summed E-state index contributed by atoms with van der Waals surface area (Å²) in [5.74, 6) is -5.56. The van der Waals surface area contributed by atoms with E-state index < -0.39 is 28.9 Å². The topological polar surface area (TPSA) is 52.7 Å². The number of hydrogen-bond acceptors (Lipinski definition) is 3. The smallest absolute Gasteiger partial charge is 0.254 e. The van der Waals surface area contributed by atoms with Crippen molar-refractivity contribution in [1.82, 2.24) is 15.1 Å². The highest BCUT2D eigenvalue weighted by Crippen LogP contribution is 2.14. The fraction of sp³-hybridized carbons (Fsp3) is 0.500. The zero-order valence-electron chi connectivity index (χ0n) is 14.0. The number of rotatable bonds is 8. The highest BCUT2D eigenvalue weighted by molar-refractivity contribution is 5.94. The molecule has 0 saturated heterocycles. The predicted octanol–water partition coefficient (Wildman–Crippen LogP) is 1.63. The second kappa shape index (κ2) is 9.27. The van der Waals surface area contributed by atoms with Crippen LogP contribution in [-0.2, 0) is 4.79 Å². The Morgan fingerprint density at radius 3 is 2.29 bits per heavy atom. The Bertz CT molecular complexity index is 594. The Kier molecular flexibility index (Phi) is 7.70. The molecule has 0 bridgehead atoms. The van der Waals surface area contributed by atoms with Crippen molar-refractivity contribution in [2.45, 2.75) is 13.3 Å². The van der Waals surface area contributed by atoms with Gasteiger partial charge < -0.3 is 15.1 Å². The molecule has 0 aliphatic heterocycles. The maximum atomic E-state index is 13.5. The summed E-state index contributed by atoms with van der Waals surface area (Å²) >= 11 is 0. The van der Waals surface area contributed by atoms with Gasteiger partial charge in [0.25, 0.3) is 5.91 Å². The number of carbonyl (C=O) groups excluding carboxylic acids is 2. The molecule has 0 aromatic heterocycles. The standard InChI is InChI=1S/C16H22F3N3O2/c1-11(23)22(9-4-8-21(2)3)10-7-20-16(24)12-5-6-13(17)15(19)14(12)18/h5-6H,4,7-10H2,1-3H3,(H,20,24). The van der Waals surface area contributed by atoms with Gasteiger partial charge in [0.15, 0.2) is 17.5 Å². The van der Waals surface area contributed by atoms with E-state index in [0.29, 0.717) is 12.6 Å². The van der Waals surface area contributed by atoms with Gasteiger partial charge in [-0.15, -0.1) is 0 Å². The lowest BCUT2D eigenvalue weighted by molar-refractivity contribution is -0.128. The Morgan fingerprint density at radius 1 is 1.04 bits per heavy atom. The van der Waals surface area contributed by atoms with Gasteiger partial charge in [-0.2, -0.15) is 0 Å². The van der Waals surface area contributed by atoms with Crippen LogP contribution in [0.25, 0.3) is 0 Å². The van der Waals surface area contributed by atoms with Crippen LogP contribution >= 0.6 is 0 Å². The first-order valence-electron chi connectivity index (χ1n) is 7.56. The highest BCUT2D eigenvalue weighted by Gasteiger charge is 2.18. The van der Waals surface area contributed by atoms with E-state index in [1.807, 2.05) is 19.0 Å². The molecule has 0 saturated carbocycles. The van der Waals surface area contributed by atoms with Gasteiger partial charge in [-0.25, -0.2) is 13.2 Å². The first-order chi connectivity index (χ1) is 11.2. The van der Waals surface area contributed by atoms with Gasteiger partial charge in [0.2, 0.25) is 5.91 Å². The molecule has 134 valence electrons. The number of benzene rings is 1. The Morgan fingerprint density at radius 2 is 1.71 bits per heavy atom. The van der Waals surface area contributed by atoms with Crippen LogP contribution < -0.4 is 5.32 Å². The molecule has 24 heavy (non-hydrogen) atoms. The van der Waals surface area contributed by atoms with Crippen LogP contribution in [0.1, 0.15) is 23.7 Å². The fourth-order valence-electron chi connectivity index (χ4n) is 2.11. The third kappa shape index (κ3) is 5.84. The van der Waals surface area contributed by atoms with Crippen molar-refractivity contribution in [3.05, 3.63) is 35.1 Å². The number of halogens is 3. The van der Waals surface area contributed by atoms with Crippen LogP contribution in [0.15, 0.2) is 12.1 Å². The van der Waals surface area contributed by atoms with Crippen LogP contribution in [0.4, 0.5) is 13.2 Å². The molecule has 5 nitrogen and oxygen atoms in total. The molecule has 0 aliphatic carbocycles. The first kappa shape index (κ1) is 20.0. The van der Waals surface area contributed by atoms with E-state index in [0.717, 1.165) is 19.0 Å². The van der Waals surface area contributed by atoms with E-state index in [4.69, 9.17) is 0 Å². The van der Waals surface area contributed by atoms with Crippen molar-refractivity contribution in [3.63, 3.8) is 0 Å². The summed E-state index contributed by atoms with van der Waals surface area (Å²) < 4.78 is 39.5. The minimum Gasteiger partial charge on any atom is -0.350 e. The quantitative estimate of drug-likeness (QED) is 0.729. The molecule has 0 unspecified atom stereocenters. The van der Waals surface area contributed by atoms with Crippen LogP contribution in [-0.4, -0.2) is 61.9 Å². The summed E-state index contributed by atoms with van der Waals surface area (Å²) in [6, 6.07) is 1.57. The highest BCUT2D eigenvalue weighted by atomic mass is 19.2. The summed E-state index contributed by atoms with van der Waals surface area (Å²) in [4.78, 5) is 26.9. The molecule has 0 aliphatic rings. The zero-order valence-corrected chi connectivity index (χ0v) is 14.0. The summed E-state index contributed by atoms with van der Waals surface area (Å²) in [7, 11) is 3.85. The van der Waals surface area contributed by atoms with Gasteiger partial charge in [0.05, 0.1) is 5.56 Å². The summed E-state index contributed by atoms with van der Waals surface area (Å²) in [5, 5.41) is 2.40. The number of nitrogens with zero attached hydrogens (tertiary/aromatic N) is 2. The first-order valence-corrected chi connectivity index (χ1v) is 7.56. The normalized spacial score (nSPS) is 10.8. The molecular weight excluding hydrogens is 323 g/mol. The molecule has 0 spiro atoms. The molecule has 1 aromatic rings. The van der Waals surface area contributed by atoms with Gasteiger partial charge in [-0.3, -0.25) is 9.59 Å². The van der Waals surface area contributed by atoms with Gasteiger partial charge in [-0.05, 0) is 39.2 Å². The monoisotopic (exact) mass is 345 g/mol. The molecule has 0 radical (unpaired) electrons. The molecule has 0 atom stereocenters. The molecule has 1 N–H and O–H groups in total. The summed E-state index contributed by atoms with van der Waals surface area (Å²) in [6.45, 7) is 3.10. The lowest BCUT2D eigenvalue weighted by atomic mass is 10.2. The molecular formula is C16H22F3N3O2. The van der Waals surface area contributed by atoms with Crippen LogP contribution in [0.3, 0.4) is 0 Å². The van der Waals surface area contributed by atoms with Crippen molar-refractivity contribution in [1.29, 1.82) is 0 Å². The molecule has 8 heteroatoms. The Balaban J connectivity index is 2.54. The van der Waals surface area contributed by atoms with Crippen molar-refractivity contribution in [2.24, 2.45) is 0 Å². The predicted molar refractivity (Wildman–Crippen MR) is 84.1 cm³/mol. The zero-order chi connectivity index (χ0) is 18.3. The second-order valence-electron chi connectivity index (χ2n) is 5.64. The van der Waals surface area contributed by atoms with E-state index in [9.17, 15) is 22.8 Å². The van der Waals surface area contributed by atoms with Crippen molar-refractivity contribution in [2.75, 3.05) is 40.3 Å². The van der Waals surface area contributed by atoms with Gasteiger partial charge in [-0.1, -0.05) is 0 Å². The average Bonchev–Trinajstić information content (AvgIpc) is 2.50. The van der Waals surface area contributed by atoms with E-state index >= 15 is 0 Å². The van der Waals surface area contributed by atoms with Crippen molar-refractivity contribution < 1.29 is 22.8 Å².